The second kappa shape index (κ2) is 10.2. The zero-order chi connectivity index (χ0) is 23.5. The molecule has 0 saturated carbocycles. The van der Waals surface area contributed by atoms with Gasteiger partial charge in [-0.1, -0.05) is 25.7 Å². The van der Waals surface area contributed by atoms with E-state index in [4.69, 9.17) is 9.47 Å². The molecule has 11 heteroatoms. The number of hydrogen-bond acceptors (Lipinski definition) is 6. The van der Waals surface area contributed by atoms with Crippen LogP contribution in [0.2, 0.25) is 25.7 Å². The first-order valence-electron chi connectivity index (χ1n) is 10.2. The summed E-state index contributed by atoms with van der Waals surface area (Å²) >= 11 is 2.11. The lowest BCUT2D eigenvalue weighted by atomic mass is 10.0. The average Bonchev–Trinajstić information content (AvgIpc) is 3.03. The number of nitrogens with one attached hydrogen (secondary N) is 1. The Morgan fingerprint density at radius 3 is 2.72 bits per heavy atom. The average molecular weight is 571 g/mol. The van der Waals surface area contributed by atoms with Crippen LogP contribution in [0.5, 0.6) is 0 Å². The maximum absolute atomic E-state index is 14.9. The minimum absolute atomic E-state index is 0.0278. The van der Waals surface area contributed by atoms with Crippen LogP contribution in [0.1, 0.15) is 11.1 Å². The third kappa shape index (κ3) is 6.01. The zero-order valence-electron chi connectivity index (χ0n) is 18.8. The van der Waals surface area contributed by atoms with Gasteiger partial charge in [0.2, 0.25) is 0 Å². The summed E-state index contributed by atoms with van der Waals surface area (Å²) in [5, 5.41) is 6.86. The van der Waals surface area contributed by atoms with Gasteiger partial charge in [-0.05, 0) is 52.8 Å². The van der Waals surface area contributed by atoms with Crippen LogP contribution in [0.3, 0.4) is 0 Å². The molecule has 172 valence electrons. The molecule has 0 bridgehead atoms. The van der Waals surface area contributed by atoms with Crippen molar-refractivity contribution in [2.45, 2.75) is 45.9 Å². The van der Waals surface area contributed by atoms with Crippen molar-refractivity contribution >= 4 is 47.8 Å². The lowest BCUT2D eigenvalue weighted by molar-refractivity contribution is 0.0814. The SMILES string of the molecule is CNC(=O)OCc1cc(C)c(-c2ncc3c(n2)c(I)nn3COCC[Si](C)(C)C)c(F)c1. The summed E-state index contributed by atoms with van der Waals surface area (Å²) < 4.78 is 28.2. The molecule has 0 atom stereocenters. The van der Waals surface area contributed by atoms with Gasteiger partial charge in [-0.2, -0.15) is 5.10 Å². The molecule has 8 nitrogen and oxygen atoms in total. The molecule has 1 N–H and O–H groups in total. The molecule has 0 radical (unpaired) electrons. The summed E-state index contributed by atoms with van der Waals surface area (Å²) in [5.41, 5.74) is 2.89. The van der Waals surface area contributed by atoms with Crippen LogP contribution in [0.4, 0.5) is 9.18 Å². The highest BCUT2D eigenvalue weighted by atomic mass is 127. The van der Waals surface area contributed by atoms with E-state index in [1.807, 2.05) is 0 Å². The number of aromatic nitrogens is 4. The van der Waals surface area contributed by atoms with E-state index in [-0.39, 0.29) is 12.4 Å². The van der Waals surface area contributed by atoms with Crippen molar-refractivity contribution in [3.8, 4) is 11.4 Å². The van der Waals surface area contributed by atoms with Crippen LogP contribution in [0, 0.1) is 16.4 Å². The first-order chi connectivity index (χ1) is 15.1. The Bertz CT molecular complexity index is 1110. The number of fused-ring (bicyclic) bond motifs is 1. The van der Waals surface area contributed by atoms with Gasteiger partial charge < -0.3 is 14.8 Å². The summed E-state index contributed by atoms with van der Waals surface area (Å²) in [6, 6.07) is 4.17. The highest BCUT2D eigenvalue weighted by Gasteiger charge is 2.18. The van der Waals surface area contributed by atoms with Gasteiger partial charge in [0, 0.05) is 21.7 Å². The van der Waals surface area contributed by atoms with Crippen molar-refractivity contribution in [3.05, 3.63) is 39.0 Å². The van der Waals surface area contributed by atoms with E-state index in [1.54, 1.807) is 23.9 Å². The molecule has 0 spiro atoms. The fourth-order valence-electron chi connectivity index (χ4n) is 3.07. The Balaban J connectivity index is 1.83. The number of benzene rings is 1. The molecular weight excluding hydrogens is 544 g/mol. The molecule has 2 aromatic heterocycles. The second-order valence-electron chi connectivity index (χ2n) is 8.66. The quantitative estimate of drug-likeness (QED) is 0.239. The van der Waals surface area contributed by atoms with Crippen molar-refractivity contribution in [2.24, 2.45) is 0 Å². The Hall–Kier alpha value is -2.12. The molecule has 1 aromatic carbocycles. The van der Waals surface area contributed by atoms with Gasteiger partial charge in [-0.15, -0.1) is 0 Å². The number of aryl methyl sites for hydroxylation is 1. The number of rotatable bonds is 8. The largest absolute Gasteiger partial charge is 0.445 e. The lowest BCUT2D eigenvalue weighted by Crippen LogP contribution is -2.22. The monoisotopic (exact) mass is 571 g/mol. The van der Waals surface area contributed by atoms with Crippen molar-refractivity contribution in [2.75, 3.05) is 13.7 Å². The molecule has 0 aliphatic carbocycles. The third-order valence-electron chi connectivity index (χ3n) is 4.81. The Labute approximate surface area is 201 Å². The first kappa shape index (κ1) is 24.5. The summed E-state index contributed by atoms with van der Waals surface area (Å²) in [7, 11) is 0.305. The van der Waals surface area contributed by atoms with E-state index in [0.717, 1.165) is 11.6 Å². The maximum atomic E-state index is 14.9. The summed E-state index contributed by atoms with van der Waals surface area (Å²) in [5.74, 6) is -0.194. The van der Waals surface area contributed by atoms with Gasteiger partial charge in [0.15, 0.2) is 5.82 Å². The van der Waals surface area contributed by atoms with E-state index in [9.17, 15) is 9.18 Å². The van der Waals surface area contributed by atoms with E-state index in [2.05, 4.69) is 62.6 Å². The number of ether oxygens (including phenoxy) is 2. The van der Waals surface area contributed by atoms with Crippen LogP contribution in [-0.2, 0) is 22.8 Å². The van der Waals surface area contributed by atoms with Crippen LogP contribution < -0.4 is 5.32 Å². The number of hydrogen-bond donors (Lipinski definition) is 1. The first-order valence-corrected chi connectivity index (χ1v) is 15.0. The molecule has 0 saturated heterocycles. The fourth-order valence-corrected chi connectivity index (χ4v) is 4.49. The van der Waals surface area contributed by atoms with E-state index >= 15 is 0 Å². The Kier molecular flexibility index (Phi) is 7.82. The second-order valence-corrected chi connectivity index (χ2v) is 15.3. The standard InChI is InChI=1S/C21H27FIN5O3Si/c1-13-8-14(11-31-21(29)24-2)9-15(22)17(13)20-25-10-16-18(26-20)19(23)27-28(16)12-30-6-7-32(3,4)5/h8-10H,6-7,11-12H2,1-5H3,(H,24,29). The minimum atomic E-state index is -1.16. The summed E-state index contributed by atoms with van der Waals surface area (Å²) in [6.07, 6.45) is 1.08. The minimum Gasteiger partial charge on any atom is -0.445 e. The molecule has 2 heterocycles. The van der Waals surface area contributed by atoms with Gasteiger partial charge in [0.1, 0.15) is 33.9 Å². The van der Waals surface area contributed by atoms with Crippen molar-refractivity contribution in [1.82, 2.24) is 25.1 Å². The lowest BCUT2D eigenvalue weighted by Gasteiger charge is -2.15. The highest BCUT2D eigenvalue weighted by Crippen LogP contribution is 2.28. The van der Waals surface area contributed by atoms with E-state index in [0.29, 0.717) is 39.2 Å². The Morgan fingerprint density at radius 1 is 1.31 bits per heavy atom. The van der Waals surface area contributed by atoms with Gasteiger partial charge in [-0.25, -0.2) is 23.8 Å². The van der Waals surface area contributed by atoms with Gasteiger partial charge in [0.25, 0.3) is 0 Å². The number of halogens is 2. The molecule has 32 heavy (non-hydrogen) atoms. The molecule has 3 aromatic rings. The van der Waals surface area contributed by atoms with Crippen molar-refractivity contribution in [1.29, 1.82) is 0 Å². The van der Waals surface area contributed by atoms with Crippen LogP contribution in [-0.4, -0.2) is 47.6 Å². The highest BCUT2D eigenvalue weighted by molar-refractivity contribution is 14.1. The molecule has 1 amide bonds. The molecule has 3 rings (SSSR count). The fraction of sp³-hybridized carbons (Fsp3) is 0.429. The summed E-state index contributed by atoms with van der Waals surface area (Å²) in [6.45, 7) is 9.67. The number of alkyl carbamates (subject to hydrolysis) is 1. The summed E-state index contributed by atoms with van der Waals surface area (Å²) in [4.78, 5) is 20.2. The van der Waals surface area contributed by atoms with Crippen LogP contribution in [0.25, 0.3) is 22.4 Å². The molecule has 0 aliphatic rings. The maximum Gasteiger partial charge on any atom is 0.407 e. The number of amides is 1. The van der Waals surface area contributed by atoms with Crippen molar-refractivity contribution < 1.29 is 18.7 Å². The Morgan fingerprint density at radius 2 is 2.06 bits per heavy atom. The number of carbonyl (C=O) groups is 1. The van der Waals surface area contributed by atoms with Gasteiger partial charge in [-0.3, -0.25) is 0 Å². The predicted molar refractivity (Wildman–Crippen MR) is 132 cm³/mol. The number of nitrogens with zero attached hydrogens (tertiary/aromatic N) is 4. The van der Waals surface area contributed by atoms with E-state index in [1.165, 1.54) is 13.1 Å². The smallest absolute Gasteiger partial charge is 0.407 e. The van der Waals surface area contributed by atoms with Crippen LogP contribution >= 0.6 is 22.6 Å². The number of carbonyl (C=O) groups excluding carboxylic acids is 1. The zero-order valence-corrected chi connectivity index (χ0v) is 22.0. The molecule has 0 fully saturated rings. The molecule has 0 aliphatic heterocycles. The van der Waals surface area contributed by atoms with Gasteiger partial charge >= 0.3 is 6.09 Å². The molecule has 0 unspecified atom stereocenters. The van der Waals surface area contributed by atoms with Crippen molar-refractivity contribution in [3.63, 3.8) is 0 Å². The predicted octanol–water partition coefficient (Wildman–Crippen LogP) is 4.71. The third-order valence-corrected chi connectivity index (χ3v) is 7.24. The normalized spacial score (nSPS) is 11.7. The van der Waals surface area contributed by atoms with E-state index < -0.39 is 20.0 Å². The molecular formula is C21H27FIN5O3Si. The van der Waals surface area contributed by atoms with Crippen LogP contribution in [0.15, 0.2) is 18.3 Å². The van der Waals surface area contributed by atoms with Gasteiger partial charge in [0.05, 0.1) is 11.8 Å². The topological polar surface area (TPSA) is 91.2 Å².